The number of fused-ring (bicyclic) bond motifs is 6. The fourth-order valence-electron chi connectivity index (χ4n) is 5.20. The zero-order valence-corrected chi connectivity index (χ0v) is 22.7. The van der Waals surface area contributed by atoms with E-state index in [4.69, 9.17) is 9.47 Å². The van der Waals surface area contributed by atoms with Crippen molar-refractivity contribution in [1.29, 1.82) is 0 Å². The Labute approximate surface area is 229 Å². The minimum Gasteiger partial charge on any atom is -0.508 e. The predicted octanol–water partition coefficient (Wildman–Crippen LogP) is 6.03. The van der Waals surface area contributed by atoms with Crippen LogP contribution >= 0.6 is 0 Å². The summed E-state index contributed by atoms with van der Waals surface area (Å²) in [6.07, 6.45) is 0. The summed E-state index contributed by atoms with van der Waals surface area (Å²) in [7, 11) is 0. The highest BCUT2D eigenvalue weighted by Gasteiger charge is 2.58. The molecule has 10 nitrogen and oxygen atoms in total. The first-order valence-electron chi connectivity index (χ1n) is 12.5. The van der Waals surface area contributed by atoms with Gasteiger partial charge in [0.25, 0.3) is 5.69 Å². The van der Waals surface area contributed by atoms with E-state index in [9.17, 15) is 34.7 Å². The van der Waals surface area contributed by atoms with Crippen molar-refractivity contribution in [3.63, 3.8) is 0 Å². The van der Waals surface area contributed by atoms with Gasteiger partial charge in [-0.2, -0.15) is 0 Å². The van der Waals surface area contributed by atoms with Gasteiger partial charge < -0.3 is 19.7 Å². The van der Waals surface area contributed by atoms with Crippen LogP contribution in [0, 0.1) is 20.9 Å². The fraction of sp³-hybridized carbons (Fsp3) is 0.300. The van der Waals surface area contributed by atoms with Crippen LogP contribution in [0.1, 0.15) is 89.3 Å². The van der Waals surface area contributed by atoms with Crippen molar-refractivity contribution in [2.75, 3.05) is 0 Å². The lowest BCUT2D eigenvalue weighted by Gasteiger charge is -2.36. The van der Waals surface area contributed by atoms with Crippen molar-refractivity contribution >= 4 is 23.2 Å². The number of ketones is 2. The van der Waals surface area contributed by atoms with Gasteiger partial charge in [-0.25, -0.2) is 4.79 Å². The molecule has 3 aromatic rings. The van der Waals surface area contributed by atoms with Crippen molar-refractivity contribution in [2.45, 2.75) is 47.1 Å². The number of esters is 1. The molecule has 0 amide bonds. The number of nitro groups is 1. The zero-order valence-electron chi connectivity index (χ0n) is 22.7. The lowest BCUT2D eigenvalue weighted by molar-refractivity contribution is -0.385. The van der Waals surface area contributed by atoms with Crippen LogP contribution < -0.4 is 4.74 Å². The molecule has 2 aliphatic heterocycles. The van der Waals surface area contributed by atoms with Gasteiger partial charge in [-0.1, -0.05) is 41.5 Å². The summed E-state index contributed by atoms with van der Waals surface area (Å²) in [5.74, 6) is -2.47. The molecule has 10 heteroatoms. The molecule has 0 saturated carbocycles. The van der Waals surface area contributed by atoms with Crippen molar-refractivity contribution in [1.82, 2.24) is 0 Å². The molecule has 0 aliphatic carbocycles. The molecule has 0 unspecified atom stereocenters. The second kappa shape index (κ2) is 8.38. The Kier molecular flexibility index (Phi) is 5.63. The Morgan fingerprint density at radius 2 is 1.32 bits per heavy atom. The second-order valence-electron chi connectivity index (χ2n) is 12.0. The number of rotatable bonds is 3. The number of hydrogen-bond donors (Lipinski definition) is 2. The number of ether oxygens (including phenoxy) is 2. The first-order valence-corrected chi connectivity index (χ1v) is 12.5. The summed E-state index contributed by atoms with van der Waals surface area (Å²) in [6.45, 7) is 9.59. The molecule has 5 rings (SSSR count). The standard InChI is InChI=1S/C30H27NO9/c1-28(2,3)25(34)16-13-19-23(24(31(37)38)22(16)26(35)29(4,5)6)27(36)40-30(19)17-9-7-14(32)11-20(17)39-21-12-15(33)8-10-18(21)30/h7-13,32-33H,1-6H3. The third-order valence-electron chi connectivity index (χ3n) is 7.06. The van der Waals surface area contributed by atoms with Crippen molar-refractivity contribution in [2.24, 2.45) is 10.8 Å². The molecule has 3 aromatic carbocycles. The molecule has 40 heavy (non-hydrogen) atoms. The van der Waals surface area contributed by atoms with E-state index in [1.807, 2.05) is 0 Å². The molecule has 0 aromatic heterocycles. The highest BCUT2D eigenvalue weighted by atomic mass is 16.6. The molecule has 0 bridgehead atoms. The minimum atomic E-state index is -1.85. The maximum Gasteiger partial charge on any atom is 0.347 e. The minimum absolute atomic E-state index is 0.0237. The summed E-state index contributed by atoms with van der Waals surface area (Å²) in [6, 6.07) is 9.48. The first kappa shape index (κ1) is 26.9. The maximum absolute atomic E-state index is 13.8. The van der Waals surface area contributed by atoms with E-state index in [-0.39, 0.29) is 45.3 Å². The molecule has 0 radical (unpaired) electrons. The molecule has 0 saturated heterocycles. The molecular formula is C30H27NO9. The van der Waals surface area contributed by atoms with Crippen LogP contribution in [-0.2, 0) is 10.3 Å². The first-order chi connectivity index (χ1) is 18.5. The van der Waals surface area contributed by atoms with E-state index in [0.29, 0.717) is 0 Å². The molecule has 206 valence electrons. The van der Waals surface area contributed by atoms with Crippen molar-refractivity contribution < 1.29 is 39.0 Å². The van der Waals surface area contributed by atoms with Gasteiger partial charge >= 0.3 is 5.97 Å². The van der Waals surface area contributed by atoms with Gasteiger partial charge in [0.1, 0.15) is 34.1 Å². The van der Waals surface area contributed by atoms with E-state index in [2.05, 4.69) is 0 Å². The van der Waals surface area contributed by atoms with E-state index < -0.39 is 55.7 Å². The average Bonchev–Trinajstić information content (AvgIpc) is 3.12. The Bertz CT molecular complexity index is 1620. The van der Waals surface area contributed by atoms with E-state index in [0.717, 1.165) is 0 Å². The molecule has 0 atom stereocenters. The molecule has 1 spiro atoms. The normalized spacial score (nSPS) is 15.0. The van der Waals surface area contributed by atoms with Crippen LogP contribution in [0.25, 0.3) is 0 Å². The van der Waals surface area contributed by atoms with Gasteiger partial charge in [0.15, 0.2) is 17.2 Å². The van der Waals surface area contributed by atoms with Crippen LogP contribution in [0.4, 0.5) is 5.69 Å². The summed E-state index contributed by atoms with van der Waals surface area (Å²) >= 11 is 0. The SMILES string of the molecule is CC(C)(C)C(=O)c1cc2c(c([N+](=O)[O-])c1C(=O)C(C)(C)C)C(=O)OC21c2ccc(O)cc2Oc2cc(O)ccc21. The number of benzene rings is 3. The molecule has 2 aliphatic rings. The Morgan fingerprint density at radius 1 is 0.825 bits per heavy atom. The van der Waals surface area contributed by atoms with Crippen LogP contribution in [0.3, 0.4) is 0 Å². The van der Waals surface area contributed by atoms with Crippen LogP contribution in [0.15, 0.2) is 42.5 Å². The summed E-state index contributed by atoms with van der Waals surface area (Å²) in [4.78, 5) is 53.0. The van der Waals surface area contributed by atoms with Crippen molar-refractivity contribution in [3.8, 4) is 23.0 Å². The van der Waals surface area contributed by atoms with E-state index in [1.54, 1.807) is 41.5 Å². The fourth-order valence-corrected chi connectivity index (χ4v) is 5.20. The summed E-state index contributed by atoms with van der Waals surface area (Å²) in [5.41, 5.74) is -5.50. The van der Waals surface area contributed by atoms with Gasteiger partial charge in [0.05, 0.1) is 4.92 Å². The van der Waals surface area contributed by atoms with Crippen LogP contribution in [-0.4, -0.2) is 32.7 Å². The molecule has 2 heterocycles. The lowest BCUT2D eigenvalue weighted by atomic mass is 9.73. The number of hydrogen-bond acceptors (Lipinski definition) is 9. The number of carbonyl (C=O) groups excluding carboxylic acids is 3. The average molecular weight is 546 g/mol. The summed E-state index contributed by atoms with van der Waals surface area (Å²) < 4.78 is 11.9. The van der Waals surface area contributed by atoms with Crippen LogP contribution in [0.2, 0.25) is 0 Å². The third kappa shape index (κ3) is 3.74. The topological polar surface area (TPSA) is 153 Å². The number of nitro benzene ring substituents is 1. The number of Topliss-reactive ketones (excluding diaryl/α,β-unsaturated/α-hetero) is 2. The number of nitrogens with zero attached hydrogens (tertiary/aromatic N) is 1. The maximum atomic E-state index is 13.8. The van der Waals surface area contributed by atoms with Crippen LogP contribution in [0.5, 0.6) is 23.0 Å². The number of aromatic hydroxyl groups is 2. The van der Waals surface area contributed by atoms with E-state index in [1.165, 1.54) is 42.5 Å². The lowest BCUT2D eigenvalue weighted by Crippen LogP contribution is -2.34. The molecule has 2 N–H and O–H groups in total. The van der Waals surface area contributed by atoms with Gasteiger partial charge in [0.2, 0.25) is 0 Å². The number of phenols is 2. The third-order valence-corrected chi connectivity index (χ3v) is 7.06. The quantitative estimate of drug-likeness (QED) is 0.174. The number of phenolic OH excluding ortho intramolecular Hbond substituents is 2. The van der Waals surface area contributed by atoms with E-state index >= 15 is 0 Å². The molecule has 0 fully saturated rings. The summed E-state index contributed by atoms with van der Waals surface area (Å²) in [5, 5.41) is 33.0. The Hall–Kier alpha value is -4.73. The van der Waals surface area contributed by atoms with Crippen molar-refractivity contribution in [3.05, 3.63) is 86.0 Å². The highest BCUT2D eigenvalue weighted by Crippen LogP contribution is 2.59. The monoisotopic (exact) mass is 545 g/mol. The number of carbonyl (C=O) groups is 3. The smallest absolute Gasteiger partial charge is 0.347 e. The Morgan fingerprint density at radius 3 is 1.77 bits per heavy atom. The second-order valence-corrected chi connectivity index (χ2v) is 12.0. The molecular weight excluding hydrogens is 518 g/mol. The van der Waals surface area contributed by atoms with Gasteiger partial charge in [0, 0.05) is 45.2 Å². The largest absolute Gasteiger partial charge is 0.508 e. The highest BCUT2D eigenvalue weighted by molar-refractivity contribution is 6.17. The Balaban J connectivity index is 2.00. The van der Waals surface area contributed by atoms with Gasteiger partial charge in [-0.15, -0.1) is 0 Å². The van der Waals surface area contributed by atoms with Gasteiger partial charge in [-0.05, 0) is 30.3 Å². The van der Waals surface area contributed by atoms with Gasteiger partial charge in [-0.3, -0.25) is 19.7 Å². The zero-order chi connectivity index (χ0) is 29.5. The predicted molar refractivity (Wildman–Crippen MR) is 142 cm³/mol.